The predicted molar refractivity (Wildman–Crippen MR) is 73.4 cm³/mol. The van der Waals surface area contributed by atoms with Crippen LogP contribution in [-0.2, 0) is 4.74 Å². The van der Waals surface area contributed by atoms with E-state index in [4.69, 9.17) is 0 Å². The zero-order valence-electron chi connectivity index (χ0n) is 10.4. The summed E-state index contributed by atoms with van der Waals surface area (Å²) in [5.41, 5.74) is 0.488. The van der Waals surface area contributed by atoms with Gasteiger partial charge in [0.25, 0.3) is 5.91 Å². The molecule has 7 heteroatoms. The fourth-order valence-electron chi connectivity index (χ4n) is 1.52. The molecule has 1 amide bonds. The second-order valence-electron chi connectivity index (χ2n) is 3.81. The van der Waals surface area contributed by atoms with Gasteiger partial charge < -0.3 is 20.3 Å². The van der Waals surface area contributed by atoms with Gasteiger partial charge in [-0.2, -0.15) is 0 Å². The Labute approximate surface area is 118 Å². The number of amides is 1. The average molecular weight is 293 g/mol. The number of methoxy groups -OCH3 is 1. The first kappa shape index (κ1) is 13.9. The van der Waals surface area contributed by atoms with Gasteiger partial charge >= 0.3 is 5.97 Å². The smallest absolute Gasteiger partial charge is 0.350 e. The van der Waals surface area contributed by atoms with Crippen LogP contribution >= 0.6 is 11.3 Å². The van der Waals surface area contributed by atoms with Gasteiger partial charge in [-0.1, -0.05) is 0 Å². The fourth-order valence-corrected chi connectivity index (χ4v) is 2.28. The number of thiophene rings is 1. The van der Waals surface area contributed by atoms with Gasteiger partial charge in [-0.05, 0) is 29.6 Å². The molecule has 0 aliphatic rings. The van der Waals surface area contributed by atoms with Gasteiger partial charge in [-0.15, -0.1) is 11.3 Å². The summed E-state index contributed by atoms with van der Waals surface area (Å²) in [6.45, 7) is 0. The van der Waals surface area contributed by atoms with Crippen LogP contribution in [0.4, 0.5) is 5.69 Å². The molecular formula is C13H11NO5S. The first-order valence-corrected chi connectivity index (χ1v) is 6.40. The topological polar surface area (TPSA) is 95.9 Å². The lowest BCUT2D eigenvalue weighted by molar-refractivity contribution is 0.0607. The van der Waals surface area contributed by atoms with Gasteiger partial charge in [0.2, 0.25) is 0 Å². The van der Waals surface area contributed by atoms with Crippen molar-refractivity contribution >= 4 is 28.9 Å². The number of esters is 1. The van der Waals surface area contributed by atoms with Crippen molar-refractivity contribution in [3.8, 4) is 11.5 Å². The van der Waals surface area contributed by atoms with E-state index in [0.717, 1.165) is 17.4 Å². The molecule has 1 heterocycles. The highest BCUT2D eigenvalue weighted by atomic mass is 32.1. The summed E-state index contributed by atoms with van der Waals surface area (Å²) in [4.78, 5) is 23.7. The summed E-state index contributed by atoms with van der Waals surface area (Å²) < 4.78 is 4.60. The van der Waals surface area contributed by atoms with E-state index in [1.54, 1.807) is 11.4 Å². The van der Waals surface area contributed by atoms with Crippen molar-refractivity contribution in [2.75, 3.05) is 12.4 Å². The molecule has 0 spiro atoms. The van der Waals surface area contributed by atoms with Gasteiger partial charge in [-0.3, -0.25) is 4.79 Å². The molecule has 0 fully saturated rings. The Kier molecular flexibility index (Phi) is 3.90. The Morgan fingerprint density at radius 1 is 1.20 bits per heavy atom. The van der Waals surface area contributed by atoms with Crippen LogP contribution in [0.25, 0.3) is 0 Å². The highest BCUT2D eigenvalue weighted by molar-refractivity contribution is 7.12. The third kappa shape index (κ3) is 2.72. The Morgan fingerprint density at radius 3 is 2.60 bits per heavy atom. The molecule has 3 N–H and O–H groups in total. The summed E-state index contributed by atoms with van der Waals surface area (Å²) in [6, 6.07) is 5.28. The van der Waals surface area contributed by atoms with Crippen LogP contribution in [0.3, 0.4) is 0 Å². The number of aromatic hydroxyl groups is 2. The van der Waals surface area contributed by atoms with Crippen LogP contribution in [0.15, 0.2) is 29.6 Å². The molecule has 0 aliphatic carbocycles. The standard InChI is InChI=1S/C13H11NO5S/c1-19-13(18)11-8(4-5-20-11)14-12(17)7-2-3-9(15)10(16)6-7/h2-6,15-16H,1H3,(H,14,17). The highest BCUT2D eigenvalue weighted by Gasteiger charge is 2.16. The molecule has 104 valence electrons. The van der Waals surface area contributed by atoms with E-state index in [9.17, 15) is 19.8 Å². The van der Waals surface area contributed by atoms with Crippen LogP contribution in [0, 0.1) is 0 Å². The summed E-state index contributed by atoms with van der Waals surface area (Å²) >= 11 is 1.15. The second kappa shape index (κ2) is 5.62. The molecule has 1 aromatic heterocycles. The monoisotopic (exact) mass is 293 g/mol. The van der Waals surface area contributed by atoms with E-state index in [-0.39, 0.29) is 16.2 Å². The number of phenolic OH excluding ortho intramolecular Hbond substituents is 2. The molecule has 2 aromatic rings. The van der Waals surface area contributed by atoms with Gasteiger partial charge in [0.1, 0.15) is 4.88 Å². The van der Waals surface area contributed by atoms with Crippen molar-refractivity contribution in [3.05, 3.63) is 40.1 Å². The van der Waals surface area contributed by atoms with Gasteiger partial charge in [-0.25, -0.2) is 4.79 Å². The summed E-state index contributed by atoms with van der Waals surface area (Å²) in [5.74, 6) is -1.75. The number of carbonyl (C=O) groups excluding carboxylic acids is 2. The van der Waals surface area contributed by atoms with Crippen LogP contribution in [0.2, 0.25) is 0 Å². The Morgan fingerprint density at radius 2 is 1.95 bits per heavy atom. The van der Waals surface area contributed by atoms with Crippen LogP contribution < -0.4 is 5.32 Å². The second-order valence-corrected chi connectivity index (χ2v) is 4.73. The van der Waals surface area contributed by atoms with Gasteiger partial charge in [0.15, 0.2) is 11.5 Å². The molecule has 0 radical (unpaired) electrons. The van der Waals surface area contributed by atoms with Crippen LogP contribution in [0.5, 0.6) is 11.5 Å². The minimum Gasteiger partial charge on any atom is -0.504 e. The average Bonchev–Trinajstić information content (AvgIpc) is 2.89. The normalized spacial score (nSPS) is 10.1. The number of anilines is 1. The Hall–Kier alpha value is -2.54. The molecule has 0 saturated carbocycles. The maximum atomic E-state index is 12.0. The maximum Gasteiger partial charge on any atom is 0.350 e. The molecule has 0 aliphatic heterocycles. The molecular weight excluding hydrogens is 282 g/mol. The molecule has 0 bridgehead atoms. The number of hydrogen-bond acceptors (Lipinski definition) is 6. The third-order valence-corrected chi connectivity index (χ3v) is 3.42. The van der Waals surface area contributed by atoms with Crippen LogP contribution in [-0.4, -0.2) is 29.2 Å². The first-order chi connectivity index (χ1) is 9.52. The zero-order valence-corrected chi connectivity index (χ0v) is 11.2. The highest BCUT2D eigenvalue weighted by Crippen LogP contribution is 2.27. The van der Waals surface area contributed by atoms with Crippen molar-refractivity contribution in [1.82, 2.24) is 0 Å². The first-order valence-electron chi connectivity index (χ1n) is 5.52. The summed E-state index contributed by atoms with van der Waals surface area (Å²) in [5, 5.41) is 22.7. The van der Waals surface area contributed by atoms with E-state index < -0.39 is 17.6 Å². The Bertz CT molecular complexity index is 665. The molecule has 6 nitrogen and oxygen atoms in total. The largest absolute Gasteiger partial charge is 0.504 e. The SMILES string of the molecule is COC(=O)c1sccc1NC(=O)c1ccc(O)c(O)c1. The molecule has 0 unspecified atom stereocenters. The van der Waals surface area contributed by atoms with Crippen molar-refractivity contribution in [1.29, 1.82) is 0 Å². The van der Waals surface area contributed by atoms with E-state index in [0.29, 0.717) is 5.69 Å². The van der Waals surface area contributed by atoms with E-state index >= 15 is 0 Å². The molecule has 20 heavy (non-hydrogen) atoms. The third-order valence-electron chi connectivity index (χ3n) is 2.52. The predicted octanol–water partition coefficient (Wildman–Crippen LogP) is 2.20. The number of hydrogen-bond donors (Lipinski definition) is 3. The minimum absolute atomic E-state index is 0.155. The summed E-state index contributed by atoms with van der Waals surface area (Å²) in [7, 11) is 1.26. The van der Waals surface area contributed by atoms with Crippen molar-refractivity contribution < 1.29 is 24.5 Å². The zero-order chi connectivity index (χ0) is 14.7. The number of phenols is 2. The van der Waals surface area contributed by atoms with Gasteiger partial charge in [0, 0.05) is 5.56 Å². The number of rotatable bonds is 3. The molecule has 0 atom stereocenters. The van der Waals surface area contributed by atoms with Crippen molar-refractivity contribution in [2.45, 2.75) is 0 Å². The summed E-state index contributed by atoms with van der Waals surface area (Å²) in [6.07, 6.45) is 0. The number of carbonyl (C=O) groups is 2. The minimum atomic E-state index is -0.538. The lowest BCUT2D eigenvalue weighted by Crippen LogP contribution is -2.13. The number of benzene rings is 1. The lowest BCUT2D eigenvalue weighted by atomic mass is 10.2. The molecule has 1 aromatic carbocycles. The molecule has 2 rings (SSSR count). The van der Waals surface area contributed by atoms with Crippen molar-refractivity contribution in [3.63, 3.8) is 0 Å². The van der Waals surface area contributed by atoms with Crippen LogP contribution in [0.1, 0.15) is 20.0 Å². The maximum absolute atomic E-state index is 12.0. The Balaban J connectivity index is 2.22. The number of nitrogens with one attached hydrogen (secondary N) is 1. The van der Waals surface area contributed by atoms with E-state index in [1.807, 2.05) is 0 Å². The molecule has 0 saturated heterocycles. The quantitative estimate of drug-likeness (QED) is 0.595. The van der Waals surface area contributed by atoms with E-state index in [2.05, 4.69) is 10.1 Å². The lowest BCUT2D eigenvalue weighted by Gasteiger charge is -2.06. The van der Waals surface area contributed by atoms with Crippen molar-refractivity contribution in [2.24, 2.45) is 0 Å². The van der Waals surface area contributed by atoms with Gasteiger partial charge in [0.05, 0.1) is 12.8 Å². The number of ether oxygens (including phenoxy) is 1. The fraction of sp³-hybridized carbons (Fsp3) is 0.0769. The van der Waals surface area contributed by atoms with E-state index in [1.165, 1.54) is 19.2 Å².